The minimum atomic E-state index is -4.43. The van der Waals surface area contributed by atoms with Crippen molar-refractivity contribution in [3.05, 3.63) is 119 Å². The molecule has 8 nitrogen and oxygen atoms in total. The van der Waals surface area contributed by atoms with Crippen LogP contribution in [0.25, 0.3) is 0 Å². The number of ether oxygens (including phenoxy) is 2. The van der Waals surface area contributed by atoms with Crippen LogP contribution >= 0.6 is 90.0 Å². The van der Waals surface area contributed by atoms with Gasteiger partial charge in [-0.25, -0.2) is 0 Å². The molecule has 0 aliphatic carbocycles. The van der Waals surface area contributed by atoms with E-state index in [4.69, 9.17) is 85.5 Å². The SMILES string of the molecule is CCSc1ccc(N)cc1Cl.COc1c(Cl)cc(N)c(C)c1Cl.COc1ccc(N)cc1C(F)(F)F.Nc1cc(Br)c(N)c(Br)c1.Nc1ccc(C(F)(F)F)c(Cl)c1. The standard InChI is InChI=1S/C8H9Cl2NO.C8H10ClNS.C8H8F3NO.C7H5ClF3N.C6H6Br2N2/c1-4-6(11)3-5(9)8(12-2)7(4)10;1-2-11-8-4-3-6(10)5-7(8)9;1-13-7-3-2-5(12)4-6(7)8(9,10)11;8-6-3-4(12)1-2-5(6)7(9,10)11;7-4-1-3(9)2-5(8)6(4)10/h3H,11H2,1-2H3;3-5H,2,10H2,1H3;2-4H,12H2,1H3;1-3H,12H2;1-2H,9-10H2. The van der Waals surface area contributed by atoms with Gasteiger partial charge in [0.2, 0.25) is 0 Å². The fourth-order valence-corrected chi connectivity index (χ4v) is 7.17. The third-order valence-corrected chi connectivity index (χ3v) is 10.6. The monoisotopic (exact) mass is 1040 g/mol. The first-order chi connectivity index (χ1) is 26.8. The van der Waals surface area contributed by atoms with Crippen LogP contribution in [0.4, 0.5) is 60.5 Å². The van der Waals surface area contributed by atoms with Crippen LogP contribution in [-0.2, 0) is 12.4 Å². The molecule has 21 heteroatoms. The van der Waals surface area contributed by atoms with Gasteiger partial charge in [0.15, 0.2) is 5.75 Å². The maximum atomic E-state index is 12.3. The Morgan fingerprint density at radius 3 is 1.53 bits per heavy atom. The number of hydrogen-bond donors (Lipinski definition) is 6. The normalized spacial score (nSPS) is 10.6. The highest BCUT2D eigenvalue weighted by atomic mass is 79.9. The van der Waals surface area contributed by atoms with E-state index < -0.39 is 23.5 Å². The van der Waals surface area contributed by atoms with Gasteiger partial charge in [0.05, 0.1) is 51.1 Å². The van der Waals surface area contributed by atoms with Gasteiger partial charge in [-0.1, -0.05) is 53.3 Å². The zero-order valence-corrected chi connectivity index (χ0v) is 37.9. The summed E-state index contributed by atoms with van der Waals surface area (Å²) in [6.45, 7) is 3.91. The number of methoxy groups -OCH3 is 2. The molecular formula is C37H38Br2Cl4F6N6O2S. The highest BCUT2D eigenvalue weighted by Gasteiger charge is 2.34. The Balaban J connectivity index is 0.000000363. The molecular weight excluding hydrogens is 1010 g/mol. The summed E-state index contributed by atoms with van der Waals surface area (Å²) in [4.78, 5) is 1.10. The van der Waals surface area contributed by atoms with E-state index >= 15 is 0 Å². The molecule has 5 aromatic carbocycles. The van der Waals surface area contributed by atoms with Crippen molar-refractivity contribution in [2.45, 2.75) is 31.1 Å². The molecule has 318 valence electrons. The summed E-state index contributed by atoms with van der Waals surface area (Å²) in [5.41, 5.74) is 34.7. The molecule has 0 aromatic heterocycles. The maximum absolute atomic E-state index is 12.3. The highest BCUT2D eigenvalue weighted by Crippen LogP contribution is 2.39. The molecule has 0 spiro atoms. The molecule has 0 fully saturated rings. The van der Waals surface area contributed by atoms with Gasteiger partial charge in [0.25, 0.3) is 0 Å². The molecule has 0 saturated heterocycles. The number of anilines is 6. The smallest absolute Gasteiger partial charge is 0.420 e. The maximum Gasteiger partial charge on any atom is 0.420 e. The number of benzene rings is 5. The molecule has 0 aliphatic heterocycles. The van der Waals surface area contributed by atoms with Crippen LogP contribution in [0.5, 0.6) is 11.5 Å². The number of nitrogens with two attached hydrogens (primary N) is 6. The predicted molar refractivity (Wildman–Crippen MR) is 238 cm³/mol. The molecule has 0 amide bonds. The summed E-state index contributed by atoms with van der Waals surface area (Å²) in [5.74, 6) is 1.29. The number of thioether (sulfide) groups is 1. The molecule has 0 unspecified atom stereocenters. The molecule has 5 aromatic rings. The molecule has 0 saturated carbocycles. The van der Waals surface area contributed by atoms with Crippen molar-refractivity contribution in [3.8, 4) is 11.5 Å². The van der Waals surface area contributed by atoms with Crippen LogP contribution in [-0.4, -0.2) is 20.0 Å². The van der Waals surface area contributed by atoms with E-state index in [1.54, 1.807) is 36.0 Å². The quantitative estimate of drug-likeness (QED) is 0.0581. The van der Waals surface area contributed by atoms with Crippen molar-refractivity contribution in [1.29, 1.82) is 0 Å². The van der Waals surface area contributed by atoms with Gasteiger partial charge in [-0.3, -0.25) is 0 Å². The second-order valence-corrected chi connectivity index (χ2v) is 15.7. The summed E-state index contributed by atoms with van der Waals surface area (Å²) >= 11 is 31.2. The number of halogens is 12. The van der Waals surface area contributed by atoms with Gasteiger partial charge >= 0.3 is 12.4 Å². The molecule has 0 radical (unpaired) electrons. The van der Waals surface area contributed by atoms with E-state index in [1.807, 2.05) is 19.1 Å². The Bertz CT molecular complexity index is 2110. The lowest BCUT2D eigenvalue weighted by molar-refractivity contribution is -0.139. The van der Waals surface area contributed by atoms with Crippen LogP contribution < -0.4 is 43.9 Å². The number of nitrogen functional groups attached to an aromatic ring is 6. The first-order valence-electron chi connectivity index (χ1n) is 15.9. The van der Waals surface area contributed by atoms with Crippen LogP contribution in [0.2, 0.25) is 20.1 Å². The van der Waals surface area contributed by atoms with Crippen molar-refractivity contribution in [2.24, 2.45) is 0 Å². The van der Waals surface area contributed by atoms with Crippen LogP contribution in [0, 0.1) is 6.92 Å². The topological polar surface area (TPSA) is 175 Å². The van der Waals surface area contributed by atoms with Crippen LogP contribution in [0.3, 0.4) is 0 Å². The average Bonchev–Trinajstić information content (AvgIpc) is 3.11. The minimum absolute atomic E-state index is 0.0631. The zero-order chi connectivity index (χ0) is 44.7. The third-order valence-electron chi connectivity index (χ3n) is 6.85. The van der Waals surface area contributed by atoms with Gasteiger partial charge < -0.3 is 43.9 Å². The van der Waals surface area contributed by atoms with Crippen molar-refractivity contribution in [3.63, 3.8) is 0 Å². The Kier molecular flexibility index (Phi) is 21.7. The van der Waals surface area contributed by atoms with E-state index in [0.29, 0.717) is 32.9 Å². The molecule has 0 atom stereocenters. The molecule has 5 rings (SSSR count). The number of hydrogen-bond acceptors (Lipinski definition) is 9. The Labute approximate surface area is 373 Å². The number of alkyl halides is 6. The zero-order valence-electron chi connectivity index (χ0n) is 30.9. The Morgan fingerprint density at radius 2 is 1.09 bits per heavy atom. The highest BCUT2D eigenvalue weighted by molar-refractivity contribution is 9.11. The van der Waals surface area contributed by atoms with Gasteiger partial charge in [-0.05, 0) is 123 Å². The lowest BCUT2D eigenvalue weighted by atomic mass is 10.1. The Hall–Kier alpha value is -3.45. The summed E-state index contributed by atoms with van der Waals surface area (Å²) in [6, 6.07) is 17.2. The largest absolute Gasteiger partial charge is 0.496 e. The van der Waals surface area contributed by atoms with E-state index in [2.05, 4.69) is 43.5 Å². The van der Waals surface area contributed by atoms with E-state index in [1.165, 1.54) is 26.4 Å². The lowest BCUT2D eigenvalue weighted by Crippen LogP contribution is -2.08. The molecule has 0 bridgehead atoms. The average molecular weight is 1050 g/mol. The van der Waals surface area contributed by atoms with Crippen molar-refractivity contribution in [1.82, 2.24) is 0 Å². The molecule has 58 heavy (non-hydrogen) atoms. The fourth-order valence-electron chi connectivity index (χ4n) is 4.00. The summed E-state index contributed by atoms with van der Waals surface area (Å²) < 4.78 is 84.2. The van der Waals surface area contributed by atoms with Gasteiger partial charge in [0.1, 0.15) is 5.75 Å². The Morgan fingerprint density at radius 1 is 0.603 bits per heavy atom. The second kappa shape index (κ2) is 24.0. The van der Waals surface area contributed by atoms with Gasteiger partial charge in [-0.2, -0.15) is 26.3 Å². The van der Waals surface area contributed by atoms with Crippen LogP contribution in [0.15, 0.2) is 86.6 Å². The van der Waals surface area contributed by atoms with Crippen LogP contribution in [0.1, 0.15) is 23.6 Å². The van der Waals surface area contributed by atoms with Gasteiger partial charge in [-0.15, -0.1) is 11.8 Å². The summed E-state index contributed by atoms with van der Waals surface area (Å²) in [5, 5.41) is 1.28. The van der Waals surface area contributed by atoms with E-state index in [9.17, 15) is 26.3 Å². The van der Waals surface area contributed by atoms with Crippen molar-refractivity contribution < 1.29 is 35.8 Å². The van der Waals surface area contributed by atoms with E-state index in [0.717, 1.165) is 60.1 Å². The lowest BCUT2D eigenvalue weighted by Gasteiger charge is -2.11. The number of rotatable bonds is 4. The predicted octanol–water partition coefficient (Wildman–Crippen LogP) is 13.5. The first-order valence-corrected chi connectivity index (χ1v) is 20.0. The van der Waals surface area contributed by atoms with Crippen molar-refractivity contribution >= 4 is 124 Å². The third kappa shape index (κ3) is 17.0. The molecule has 12 N–H and O–H groups in total. The molecule has 0 aliphatic rings. The summed E-state index contributed by atoms with van der Waals surface area (Å²) in [7, 11) is 2.70. The second-order valence-electron chi connectivity index (χ2n) is 11.1. The van der Waals surface area contributed by atoms with Gasteiger partial charge in [0, 0.05) is 42.3 Å². The molecule has 0 heterocycles. The fraction of sp³-hybridized carbons (Fsp3) is 0.189. The minimum Gasteiger partial charge on any atom is -0.496 e. The van der Waals surface area contributed by atoms with Crippen molar-refractivity contribution in [2.75, 3.05) is 54.4 Å². The summed E-state index contributed by atoms with van der Waals surface area (Å²) in [6.07, 6.45) is -8.84. The first kappa shape index (κ1) is 52.6. The van der Waals surface area contributed by atoms with E-state index in [-0.39, 0.29) is 22.1 Å².